The molecule has 1 saturated carbocycles. The highest BCUT2D eigenvalue weighted by Gasteiger charge is 2.60. The predicted octanol–water partition coefficient (Wildman–Crippen LogP) is 5.09. The van der Waals surface area contributed by atoms with E-state index in [0.717, 1.165) is 0 Å². The molecule has 0 bridgehead atoms. The van der Waals surface area contributed by atoms with Crippen molar-refractivity contribution >= 4 is 31.3 Å². The van der Waals surface area contributed by atoms with Crippen LogP contribution in [0.15, 0.2) is 41.3 Å². The van der Waals surface area contributed by atoms with Crippen LogP contribution >= 0.6 is 11.6 Å². The lowest BCUT2D eigenvalue weighted by molar-refractivity contribution is 0.0759. The van der Waals surface area contributed by atoms with Crippen molar-refractivity contribution in [2.24, 2.45) is 11.8 Å². The van der Waals surface area contributed by atoms with E-state index in [9.17, 15) is 21.2 Å². The first-order valence-electron chi connectivity index (χ1n) is 11.2. The zero-order valence-electron chi connectivity index (χ0n) is 18.7. The van der Waals surface area contributed by atoms with Crippen LogP contribution in [0, 0.1) is 24.6 Å². The molecule has 4 rings (SSSR count). The second kappa shape index (κ2) is 8.86. The Kier molecular flexibility index (Phi) is 6.57. The number of hydrogen-bond acceptors (Lipinski definition) is 5. The average molecular weight is 515 g/mol. The number of halogens is 2. The molecular weight excluding hydrogens is 487 g/mol. The van der Waals surface area contributed by atoms with Crippen molar-refractivity contribution in [3.8, 4) is 5.75 Å². The van der Waals surface area contributed by atoms with E-state index in [2.05, 4.69) is 0 Å². The molecule has 5 nitrogen and oxygen atoms in total. The smallest absolute Gasteiger partial charge is 0.188 e. The number of fused-ring (bicyclic) bond motifs is 3. The van der Waals surface area contributed by atoms with Crippen LogP contribution in [0.2, 0.25) is 5.02 Å². The first-order valence-corrected chi connectivity index (χ1v) is 14.8. The summed E-state index contributed by atoms with van der Waals surface area (Å²) in [6.07, 6.45) is 1.97. The third-order valence-electron chi connectivity index (χ3n) is 7.28. The predicted molar refractivity (Wildman–Crippen MR) is 127 cm³/mol. The molecule has 0 radical (unpaired) electrons. The van der Waals surface area contributed by atoms with E-state index in [1.807, 2.05) is 0 Å². The Labute approximate surface area is 200 Å². The summed E-state index contributed by atoms with van der Waals surface area (Å²) in [6, 6.07) is 8.92. The van der Waals surface area contributed by atoms with Crippen LogP contribution < -0.4 is 4.74 Å². The van der Waals surface area contributed by atoms with Crippen LogP contribution in [0.25, 0.3) is 0 Å². The van der Waals surface area contributed by atoms with E-state index in [1.165, 1.54) is 30.3 Å². The van der Waals surface area contributed by atoms with Gasteiger partial charge in [-0.25, -0.2) is 21.2 Å². The summed E-state index contributed by atoms with van der Waals surface area (Å²) >= 11 is 6.01. The third-order valence-corrected chi connectivity index (χ3v) is 11.8. The fourth-order valence-corrected chi connectivity index (χ4v) is 9.17. The van der Waals surface area contributed by atoms with Crippen LogP contribution in [0.1, 0.15) is 43.7 Å². The molecule has 2 aromatic rings. The largest absolute Gasteiger partial charge is 0.490 e. The van der Waals surface area contributed by atoms with Gasteiger partial charge in [0.15, 0.2) is 21.4 Å². The van der Waals surface area contributed by atoms with Crippen LogP contribution in [0.5, 0.6) is 5.75 Å². The van der Waals surface area contributed by atoms with Gasteiger partial charge in [-0.3, -0.25) is 0 Å². The van der Waals surface area contributed by atoms with Crippen molar-refractivity contribution in [1.82, 2.24) is 0 Å². The van der Waals surface area contributed by atoms with Crippen LogP contribution in [0.3, 0.4) is 0 Å². The zero-order chi connectivity index (χ0) is 24.0. The number of rotatable bonds is 6. The fraction of sp³-hybridized carbons (Fsp3) is 0.500. The van der Waals surface area contributed by atoms with Gasteiger partial charge < -0.3 is 4.74 Å². The topological polar surface area (TPSA) is 77.5 Å². The monoisotopic (exact) mass is 514 g/mol. The summed E-state index contributed by atoms with van der Waals surface area (Å²) in [5.41, 5.74) is 1.02. The fourth-order valence-electron chi connectivity index (χ4n) is 5.58. The Balaban J connectivity index is 1.92. The molecule has 3 atom stereocenters. The van der Waals surface area contributed by atoms with Crippen molar-refractivity contribution in [3.05, 3.63) is 58.4 Å². The van der Waals surface area contributed by atoms with Crippen molar-refractivity contribution in [1.29, 1.82) is 0 Å². The lowest BCUT2D eigenvalue weighted by Crippen LogP contribution is -2.54. The summed E-state index contributed by atoms with van der Waals surface area (Å²) in [6.45, 7) is 3.41. The molecule has 0 saturated heterocycles. The summed E-state index contributed by atoms with van der Waals surface area (Å²) in [7, 11) is -7.21. The summed E-state index contributed by atoms with van der Waals surface area (Å²) in [5, 5.41) is 0.420. The standard InChI is InChI=1S/C24H28ClFO5S2/c1-3-32(27,28)14-12-17-5-4-13-24(33(29,30)19-9-7-18(25)8-10-19)20(17)15-31-23-21(26)11-6-16(2)22(23)24/h6-11,17,20H,3-5,12-15H2,1-2H3/t17-,20-,24-/m0/s1. The molecule has 0 unspecified atom stereocenters. The van der Waals surface area contributed by atoms with Crippen molar-refractivity contribution in [2.45, 2.75) is 49.2 Å². The Morgan fingerprint density at radius 2 is 1.82 bits per heavy atom. The first-order chi connectivity index (χ1) is 15.5. The minimum absolute atomic E-state index is 0.00324. The average Bonchev–Trinajstić information content (AvgIpc) is 2.79. The Hall–Kier alpha value is -1.64. The van der Waals surface area contributed by atoms with Gasteiger partial charge >= 0.3 is 0 Å². The Bertz CT molecular complexity index is 1260. The number of sulfone groups is 2. The molecule has 0 spiro atoms. The molecule has 0 aromatic heterocycles. The highest BCUT2D eigenvalue weighted by molar-refractivity contribution is 7.92. The minimum Gasteiger partial charge on any atom is -0.490 e. The van der Waals surface area contributed by atoms with E-state index in [0.29, 0.717) is 41.8 Å². The van der Waals surface area contributed by atoms with Crippen molar-refractivity contribution in [2.75, 3.05) is 18.1 Å². The molecule has 0 amide bonds. The van der Waals surface area contributed by atoms with Gasteiger partial charge in [0.2, 0.25) is 0 Å². The van der Waals surface area contributed by atoms with Gasteiger partial charge in [-0.1, -0.05) is 31.0 Å². The van der Waals surface area contributed by atoms with Crippen LogP contribution in [0.4, 0.5) is 4.39 Å². The highest BCUT2D eigenvalue weighted by Crippen LogP contribution is 2.58. The van der Waals surface area contributed by atoms with E-state index in [4.69, 9.17) is 16.3 Å². The normalized spacial score (nSPS) is 25.1. The van der Waals surface area contributed by atoms with Gasteiger partial charge in [-0.2, -0.15) is 0 Å². The molecule has 2 aromatic carbocycles. The minimum atomic E-state index is -4.00. The second-order valence-corrected chi connectivity index (χ2v) is 14.1. The SMILES string of the molecule is CCS(=O)(=O)CC[C@@H]1CCC[C@@]2(S(=O)(=O)c3ccc(Cl)cc3)c3c(C)ccc(F)c3OC[C@@H]12. The maximum absolute atomic E-state index is 14.9. The van der Waals surface area contributed by atoms with E-state index in [-0.39, 0.29) is 34.7 Å². The number of hydrogen-bond donors (Lipinski definition) is 0. The van der Waals surface area contributed by atoms with Crippen LogP contribution in [-0.4, -0.2) is 34.9 Å². The lowest BCUT2D eigenvalue weighted by Gasteiger charge is -2.51. The summed E-state index contributed by atoms with van der Waals surface area (Å²) < 4.78 is 72.4. The Morgan fingerprint density at radius 3 is 2.48 bits per heavy atom. The molecule has 1 aliphatic carbocycles. The molecule has 9 heteroatoms. The molecule has 33 heavy (non-hydrogen) atoms. The van der Waals surface area contributed by atoms with Gasteiger partial charge in [-0.15, -0.1) is 0 Å². The van der Waals surface area contributed by atoms with Crippen molar-refractivity contribution < 1.29 is 26.0 Å². The van der Waals surface area contributed by atoms with Gasteiger partial charge in [0, 0.05) is 22.3 Å². The number of benzene rings is 2. The molecular formula is C24H28ClFO5S2. The summed E-state index contributed by atoms with van der Waals surface area (Å²) in [4.78, 5) is 0.121. The Morgan fingerprint density at radius 1 is 1.12 bits per heavy atom. The van der Waals surface area contributed by atoms with Gasteiger partial charge in [-0.05, 0) is 68.0 Å². The molecule has 1 fully saturated rings. The third kappa shape index (κ3) is 4.08. The van der Waals surface area contributed by atoms with E-state index in [1.54, 1.807) is 19.9 Å². The quantitative estimate of drug-likeness (QED) is 0.536. The van der Waals surface area contributed by atoms with Crippen LogP contribution in [-0.2, 0) is 24.4 Å². The van der Waals surface area contributed by atoms with E-state index >= 15 is 0 Å². The summed E-state index contributed by atoms with van der Waals surface area (Å²) in [5.74, 6) is -1.23. The maximum Gasteiger partial charge on any atom is 0.188 e. The molecule has 1 aliphatic heterocycles. The van der Waals surface area contributed by atoms with Gasteiger partial charge in [0.1, 0.15) is 14.6 Å². The molecule has 0 N–H and O–H groups in total. The lowest BCUT2D eigenvalue weighted by atomic mass is 9.66. The molecule has 1 heterocycles. The second-order valence-electron chi connectivity index (χ2n) is 9.01. The zero-order valence-corrected chi connectivity index (χ0v) is 21.1. The highest BCUT2D eigenvalue weighted by atomic mass is 35.5. The molecule has 2 aliphatic rings. The molecule has 180 valence electrons. The van der Waals surface area contributed by atoms with Gasteiger partial charge in [0.05, 0.1) is 17.3 Å². The van der Waals surface area contributed by atoms with Crippen molar-refractivity contribution in [3.63, 3.8) is 0 Å². The van der Waals surface area contributed by atoms with E-state index < -0.39 is 36.2 Å². The number of ether oxygens (including phenoxy) is 1. The van der Waals surface area contributed by atoms with Gasteiger partial charge in [0.25, 0.3) is 0 Å². The maximum atomic E-state index is 14.9. The first kappa shape index (κ1) is 24.5. The number of aryl methyl sites for hydroxylation is 1.